The Balaban J connectivity index is 2.42. The number of allylic oxidation sites excluding steroid dienone is 2. The predicted molar refractivity (Wildman–Crippen MR) is 60.5 cm³/mol. The molecule has 0 fully saturated rings. The van der Waals surface area contributed by atoms with E-state index in [4.69, 9.17) is 17.0 Å². The van der Waals surface area contributed by atoms with Gasteiger partial charge in [-0.15, -0.1) is 0 Å². The molecule has 5 heteroatoms. The van der Waals surface area contributed by atoms with Gasteiger partial charge in [0.25, 0.3) is 0 Å². The first-order chi connectivity index (χ1) is 7.13. The average molecular weight is 222 g/mol. The van der Waals surface area contributed by atoms with Gasteiger partial charge in [0.15, 0.2) is 0 Å². The molecule has 2 aliphatic rings. The molecule has 4 nitrogen and oxygen atoms in total. The fourth-order valence-corrected chi connectivity index (χ4v) is 1.69. The molecule has 1 amide bonds. The molecule has 0 N–H and O–H groups in total. The van der Waals surface area contributed by atoms with E-state index in [0.717, 1.165) is 0 Å². The summed E-state index contributed by atoms with van der Waals surface area (Å²) in [5.41, 5.74) is 0.655. The van der Waals surface area contributed by atoms with E-state index in [0.29, 0.717) is 16.6 Å². The van der Waals surface area contributed by atoms with Crippen LogP contribution in [0.15, 0.2) is 29.0 Å². The highest BCUT2D eigenvalue weighted by Gasteiger charge is 2.32. The molecule has 1 heterocycles. The minimum absolute atomic E-state index is 0.0485. The number of thiocarbonyl (C=S) groups is 1. The van der Waals surface area contributed by atoms with Gasteiger partial charge in [-0.3, -0.25) is 9.69 Å². The van der Waals surface area contributed by atoms with E-state index < -0.39 is 0 Å². The molecule has 0 aromatic heterocycles. The van der Waals surface area contributed by atoms with Gasteiger partial charge in [0.1, 0.15) is 5.76 Å². The van der Waals surface area contributed by atoms with Crippen LogP contribution in [0.25, 0.3) is 0 Å². The first-order valence-electron chi connectivity index (χ1n) is 4.47. The third kappa shape index (κ3) is 1.59. The number of carbonyl (C=O) groups excluding carboxylic acids is 1. The molecule has 2 rings (SSSR count). The molecule has 78 valence electrons. The van der Waals surface area contributed by atoms with Gasteiger partial charge in [-0.05, 0) is 18.3 Å². The Morgan fingerprint density at radius 2 is 2.33 bits per heavy atom. The zero-order valence-corrected chi connectivity index (χ0v) is 9.25. The molecular formula is C10H10N2O2S. The number of nitrogens with zero attached hydrogens (tertiary/aromatic N) is 2. The van der Waals surface area contributed by atoms with Crippen molar-refractivity contribution in [3.05, 3.63) is 24.0 Å². The van der Waals surface area contributed by atoms with E-state index in [-0.39, 0.29) is 11.8 Å². The van der Waals surface area contributed by atoms with Crippen LogP contribution >= 0.6 is 12.2 Å². The van der Waals surface area contributed by atoms with Crippen LogP contribution in [0.4, 0.5) is 0 Å². The summed E-state index contributed by atoms with van der Waals surface area (Å²) in [6.45, 7) is 0. The summed E-state index contributed by atoms with van der Waals surface area (Å²) in [6.07, 6.45) is 5.28. The first-order valence-corrected chi connectivity index (χ1v) is 4.88. The Kier molecular flexibility index (Phi) is 2.40. The molecule has 0 saturated heterocycles. The van der Waals surface area contributed by atoms with Crippen LogP contribution in [0.1, 0.15) is 0 Å². The standard InChI is InChI=1S/C10H10N2O2S/c1-12-9(13)7-4-3-6(14-2)5-8(7)11-10(12)15/h3-5,7H,1-2H3. The summed E-state index contributed by atoms with van der Waals surface area (Å²) in [6, 6.07) is 0. The molecule has 1 aliphatic carbocycles. The topological polar surface area (TPSA) is 41.9 Å². The number of aliphatic imine (C=N–C) groups is 1. The normalized spacial score (nSPS) is 24.7. The van der Waals surface area contributed by atoms with E-state index in [9.17, 15) is 4.79 Å². The fraction of sp³-hybridized carbons (Fsp3) is 0.300. The lowest BCUT2D eigenvalue weighted by Crippen LogP contribution is -2.43. The van der Waals surface area contributed by atoms with Gasteiger partial charge in [-0.25, -0.2) is 4.99 Å². The van der Waals surface area contributed by atoms with Crippen molar-refractivity contribution in [2.75, 3.05) is 14.2 Å². The summed E-state index contributed by atoms with van der Waals surface area (Å²) in [4.78, 5) is 17.4. The van der Waals surface area contributed by atoms with Gasteiger partial charge < -0.3 is 4.74 Å². The van der Waals surface area contributed by atoms with Crippen LogP contribution in [0.5, 0.6) is 0 Å². The van der Waals surface area contributed by atoms with Crippen molar-refractivity contribution in [2.24, 2.45) is 10.9 Å². The molecule has 1 unspecified atom stereocenters. The van der Waals surface area contributed by atoms with E-state index in [1.165, 1.54) is 4.90 Å². The van der Waals surface area contributed by atoms with Crippen LogP contribution in [-0.2, 0) is 9.53 Å². The van der Waals surface area contributed by atoms with Gasteiger partial charge in [0, 0.05) is 13.1 Å². The molecule has 1 atom stereocenters. The van der Waals surface area contributed by atoms with Crippen LogP contribution in [-0.4, -0.2) is 35.8 Å². The minimum Gasteiger partial charge on any atom is -0.497 e. The maximum atomic E-state index is 11.8. The lowest BCUT2D eigenvalue weighted by Gasteiger charge is -2.27. The highest BCUT2D eigenvalue weighted by molar-refractivity contribution is 7.80. The second-order valence-corrected chi connectivity index (χ2v) is 3.67. The number of fused-ring (bicyclic) bond motifs is 1. The van der Waals surface area contributed by atoms with Crippen molar-refractivity contribution in [3.8, 4) is 0 Å². The Morgan fingerprint density at radius 3 is 3.00 bits per heavy atom. The van der Waals surface area contributed by atoms with E-state index in [2.05, 4.69) is 4.99 Å². The number of hydrogen-bond acceptors (Lipinski definition) is 3. The lowest BCUT2D eigenvalue weighted by molar-refractivity contribution is -0.127. The zero-order chi connectivity index (χ0) is 11.0. The number of ether oxygens (including phenoxy) is 1. The summed E-state index contributed by atoms with van der Waals surface area (Å²) in [5.74, 6) is 0.318. The monoisotopic (exact) mass is 222 g/mol. The van der Waals surface area contributed by atoms with Gasteiger partial charge in [0.05, 0.1) is 18.7 Å². The Morgan fingerprint density at radius 1 is 1.60 bits per heavy atom. The molecule has 0 bridgehead atoms. The number of methoxy groups -OCH3 is 1. The van der Waals surface area contributed by atoms with Crippen LogP contribution in [0.3, 0.4) is 0 Å². The SMILES string of the molecule is COC1=CC2=NC(=S)N(C)C(=O)C2C=C1. The minimum atomic E-state index is -0.319. The van der Waals surface area contributed by atoms with Crippen molar-refractivity contribution in [1.29, 1.82) is 0 Å². The first kappa shape index (κ1) is 10.0. The zero-order valence-electron chi connectivity index (χ0n) is 8.43. The van der Waals surface area contributed by atoms with Gasteiger partial charge in [0.2, 0.25) is 11.0 Å². The summed E-state index contributed by atoms with van der Waals surface area (Å²) in [7, 11) is 3.21. The van der Waals surface area contributed by atoms with Crippen molar-refractivity contribution >= 4 is 28.9 Å². The van der Waals surface area contributed by atoms with Gasteiger partial charge >= 0.3 is 0 Å². The molecule has 0 radical (unpaired) electrons. The predicted octanol–water partition coefficient (Wildman–Crippen LogP) is 0.901. The quantitative estimate of drug-likeness (QED) is 0.619. The van der Waals surface area contributed by atoms with Gasteiger partial charge in [-0.1, -0.05) is 6.08 Å². The molecule has 1 aliphatic heterocycles. The fourth-order valence-electron chi connectivity index (χ4n) is 1.50. The summed E-state index contributed by atoms with van der Waals surface area (Å²) >= 11 is 4.97. The van der Waals surface area contributed by atoms with E-state index in [1.54, 1.807) is 32.4 Å². The largest absolute Gasteiger partial charge is 0.497 e. The molecule has 0 saturated carbocycles. The average Bonchev–Trinajstić information content (AvgIpc) is 2.25. The van der Waals surface area contributed by atoms with E-state index in [1.807, 2.05) is 0 Å². The Bertz CT molecular complexity index is 423. The van der Waals surface area contributed by atoms with Crippen molar-refractivity contribution in [2.45, 2.75) is 0 Å². The smallest absolute Gasteiger partial charge is 0.241 e. The maximum absolute atomic E-state index is 11.8. The molecule has 15 heavy (non-hydrogen) atoms. The molecule has 0 spiro atoms. The lowest BCUT2D eigenvalue weighted by atomic mass is 9.95. The summed E-state index contributed by atoms with van der Waals surface area (Å²) < 4.78 is 5.06. The van der Waals surface area contributed by atoms with Crippen molar-refractivity contribution in [1.82, 2.24) is 4.90 Å². The third-order valence-electron chi connectivity index (χ3n) is 2.41. The number of carbonyl (C=O) groups is 1. The second kappa shape index (κ2) is 3.58. The number of amides is 1. The number of hydrogen-bond donors (Lipinski definition) is 0. The van der Waals surface area contributed by atoms with E-state index >= 15 is 0 Å². The van der Waals surface area contributed by atoms with Gasteiger partial charge in [-0.2, -0.15) is 0 Å². The highest BCUT2D eigenvalue weighted by atomic mass is 32.1. The number of rotatable bonds is 1. The Labute approximate surface area is 92.9 Å². The molecular weight excluding hydrogens is 212 g/mol. The maximum Gasteiger partial charge on any atom is 0.241 e. The van der Waals surface area contributed by atoms with Crippen LogP contribution < -0.4 is 0 Å². The van der Waals surface area contributed by atoms with Crippen LogP contribution in [0, 0.1) is 5.92 Å². The second-order valence-electron chi connectivity index (χ2n) is 3.30. The Hall–Kier alpha value is -1.49. The third-order valence-corrected chi connectivity index (χ3v) is 2.77. The van der Waals surface area contributed by atoms with Crippen LogP contribution in [0.2, 0.25) is 0 Å². The summed E-state index contributed by atoms with van der Waals surface area (Å²) in [5, 5.41) is 0.299. The highest BCUT2D eigenvalue weighted by Crippen LogP contribution is 2.21. The molecule has 0 aromatic carbocycles. The van der Waals surface area contributed by atoms with Crippen molar-refractivity contribution in [3.63, 3.8) is 0 Å². The van der Waals surface area contributed by atoms with Crippen molar-refractivity contribution < 1.29 is 9.53 Å². The molecule has 0 aromatic rings.